The minimum Gasteiger partial charge on any atom is -0.506 e. The number of anilines is 1. The first-order valence-corrected chi connectivity index (χ1v) is 7.29. The number of phenols is 1. The van der Waals surface area contributed by atoms with Crippen LogP contribution in [0.25, 0.3) is 0 Å². The summed E-state index contributed by atoms with van der Waals surface area (Å²) in [7, 11) is 3.33. The predicted molar refractivity (Wildman–Crippen MR) is 88.2 cm³/mol. The molecule has 2 aromatic carbocycles. The molecule has 0 radical (unpaired) electrons. The Morgan fingerprint density at radius 1 is 1.05 bits per heavy atom. The Labute approximate surface area is 136 Å². The number of rotatable bonds is 3. The fourth-order valence-electron chi connectivity index (χ4n) is 1.83. The van der Waals surface area contributed by atoms with Crippen LogP contribution in [0.4, 0.5) is 5.69 Å². The number of benzene rings is 2. The van der Waals surface area contributed by atoms with E-state index >= 15 is 0 Å². The molecule has 0 heterocycles. The van der Waals surface area contributed by atoms with E-state index in [1.54, 1.807) is 50.5 Å². The van der Waals surface area contributed by atoms with E-state index in [-0.39, 0.29) is 17.6 Å². The third-order valence-corrected chi connectivity index (χ3v) is 3.50. The summed E-state index contributed by atoms with van der Waals surface area (Å²) in [6.07, 6.45) is 0. The van der Waals surface area contributed by atoms with Crippen LogP contribution in [0.15, 0.2) is 46.9 Å². The molecule has 2 amide bonds. The molecule has 0 atom stereocenters. The third-order valence-electron chi connectivity index (χ3n) is 3.01. The highest BCUT2D eigenvalue weighted by Gasteiger charge is 2.12. The number of carbonyl (C=O) groups is 2. The highest BCUT2D eigenvalue weighted by molar-refractivity contribution is 9.10. The zero-order chi connectivity index (χ0) is 16.3. The SMILES string of the molecule is CN(C)C(=O)c1ccc(C(=O)Nc2ccc(Br)cc2O)cc1. The molecule has 0 saturated carbocycles. The lowest BCUT2D eigenvalue weighted by atomic mass is 10.1. The summed E-state index contributed by atoms with van der Waals surface area (Å²) >= 11 is 3.23. The molecule has 114 valence electrons. The van der Waals surface area contributed by atoms with Gasteiger partial charge in [0.15, 0.2) is 0 Å². The Hall–Kier alpha value is -2.34. The van der Waals surface area contributed by atoms with Gasteiger partial charge in [-0.05, 0) is 42.5 Å². The first-order valence-electron chi connectivity index (χ1n) is 6.50. The molecule has 2 rings (SSSR count). The number of hydrogen-bond donors (Lipinski definition) is 2. The lowest BCUT2D eigenvalue weighted by Gasteiger charge is -2.11. The van der Waals surface area contributed by atoms with Gasteiger partial charge in [0.1, 0.15) is 5.75 Å². The van der Waals surface area contributed by atoms with Crippen LogP contribution < -0.4 is 5.32 Å². The average molecular weight is 363 g/mol. The fourth-order valence-corrected chi connectivity index (χ4v) is 2.18. The molecule has 0 aliphatic heterocycles. The Kier molecular flexibility index (Phi) is 4.82. The monoisotopic (exact) mass is 362 g/mol. The van der Waals surface area contributed by atoms with E-state index in [2.05, 4.69) is 21.2 Å². The van der Waals surface area contributed by atoms with Crippen LogP contribution in [0.5, 0.6) is 5.75 Å². The second-order valence-electron chi connectivity index (χ2n) is 4.89. The van der Waals surface area contributed by atoms with Gasteiger partial charge in [0, 0.05) is 29.7 Å². The normalized spacial score (nSPS) is 10.1. The zero-order valence-electron chi connectivity index (χ0n) is 12.1. The molecular formula is C16H15BrN2O3. The summed E-state index contributed by atoms with van der Waals surface area (Å²) < 4.78 is 0.717. The molecule has 5 nitrogen and oxygen atoms in total. The second-order valence-corrected chi connectivity index (χ2v) is 5.81. The van der Waals surface area contributed by atoms with E-state index in [0.29, 0.717) is 16.8 Å². The van der Waals surface area contributed by atoms with Gasteiger partial charge in [-0.1, -0.05) is 15.9 Å². The fraction of sp³-hybridized carbons (Fsp3) is 0.125. The maximum Gasteiger partial charge on any atom is 0.255 e. The Bertz CT molecular complexity index is 712. The predicted octanol–water partition coefficient (Wildman–Crippen LogP) is 3.11. The minimum absolute atomic E-state index is 0.0258. The van der Waals surface area contributed by atoms with Gasteiger partial charge in [0.2, 0.25) is 0 Å². The largest absolute Gasteiger partial charge is 0.506 e. The molecule has 0 aromatic heterocycles. The quantitative estimate of drug-likeness (QED) is 0.824. The van der Waals surface area contributed by atoms with Gasteiger partial charge in [0.25, 0.3) is 11.8 Å². The first-order chi connectivity index (χ1) is 10.4. The third kappa shape index (κ3) is 3.65. The maximum absolute atomic E-state index is 12.1. The smallest absolute Gasteiger partial charge is 0.255 e. The first kappa shape index (κ1) is 16.0. The molecule has 22 heavy (non-hydrogen) atoms. The topological polar surface area (TPSA) is 69.6 Å². The van der Waals surface area contributed by atoms with E-state index in [0.717, 1.165) is 4.47 Å². The van der Waals surface area contributed by atoms with Gasteiger partial charge in [-0.3, -0.25) is 9.59 Å². The summed E-state index contributed by atoms with van der Waals surface area (Å²) in [5.41, 5.74) is 1.23. The number of carbonyl (C=O) groups excluding carboxylic acids is 2. The van der Waals surface area contributed by atoms with Gasteiger partial charge in [-0.25, -0.2) is 0 Å². The van der Waals surface area contributed by atoms with E-state index < -0.39 is 0 Å². The molecule has 2 N–H and O–H groups in total. The van der Waals surface area contributed by atoms with E-state index in [9.17, 15) is 14.7 Å². The van der Waals surface area contributed by atoms with E-state index in [1.807, 2.05) is 0 Å². The zero-order valence-corrected chi connectivity index (χ0v) is 13.7. The van der Waals surface area contributed by atoms with Crippen molar-refractivity contribution in [3.8, 4) is 5.75 Å². The van der Waals surface area contributed by atoms with Crippen molar-refractivity contribution in [2.45, 2.75) is 0 Å². The number of hydrogen-bond acceptors (Lipinski definition) is 3. The highest BCUT2D eigenvalue weighted by Crippen LogP contribution is 2.27. The summed E-state index contributed by atoms with van der Waals surface area (Å²) in [4.78, 5) is 25.4. The number of phenolic OH excluding ortho intramolecular Hbond substituents is 1. The molecule has 0 unspecified atom stereocenters. The van der Waals surface area contributed by atoms with Crippen molar-refractivity contribution >= 4 is 33.4 Å². The summed E-state index contributed by atoms with van der Waals surface area (Å²) in [5.74, 6) is -0.513. The number of halogens is 1. The Balaban J connectivity index is 2.14. The molecule has 0 spiro atoms. The number of amides is 2. The van der Waals surface area contributed by atoms with E-state index in [1.165, 1.54) is 11.0 Å². The van der Waals surface area contributed by atoms with Crippen LogP contribution in [0.3, 0.4) is 0 Å². The summed E-state index contributed by atoms with van der Waals surface area (Å²) in [5, 5.41) is 12.4. The number of nitrogens with one attached hydrogen (secondary N) is 1. The van der Waals surface area contributed by atoms with Gasteiger partial charge < -0.3 is 15.3 Å². The summed E-state index contributed by atoms with van der Waals surface area (Å²) in [6, 6.07) is 11.1. The van der Waals surface area contributed by atoms with Gasteiger partial charge in [0.05, 0.1) is 5.69 Å². The van der Waals surface area contributed by atoms with Crippen molar-refractivity contribution < 1.29 is 14.7 Å². The van der Waals surface area contributed by atoms with Crippen molar-refractivity contribution in [3.63, 3.8) is 0 Å². The standard InChI is InChI=1S/C16H15BrN2O3/c1-19(2)16(22)11-5-3-10(4-6-11)15(21)18-13-8-7-12(17)9-14(13)20/h3-9,20H,1-2H3,(H,18,21). The van der Waals surface area contributed by atoms with Crippen LogP contribution in [0.2, 0.25) is 0 Å². The molecule has 0 bridgehead atoms. The molecule has 2 aromatic rings. The van der Waals surface area contributed by atoms with Crippen LogP contribution >= 0.6 is 15.9 Å². The Morgan fingerprint density at radius 3 is 2.18 bits per heavy atom. The van der Waals surface area contributed by atoms with Gasteiger partial charge in [-0.15, -0.1) is 0 Å². The van der Waals surface area contributed by atoms with Crippen molar-refractivity contribution in [2.75, 3.05) is 19.4 Å². The van der Waals surface area contributed by atoms with Crippen molar-refractivity contribution in [1.82, 2.24) is 4.90 Å². The molecule has 6 heteroatoms. The van der Waals surface area contributed by atoms with Gasteiger partial charge >= 0.3 is 0 Å². The van der Waals surface area contributed by atoms with Crippen molar-refractivity contribution in [2.24, 2.45) is 0 Å². The van der Waals surface area contributed by atoms with Gasteiger partial charge in [-0.2, -0.15) is 0 Å². The minimum atomic E-state index is -0.360. The molecule has 0 aliphatic carbocycles. The van der Waals surface area contributed by atoms with Crippen LogP contribution in [-0.2, 0) is 0 Å². The van der Waals surface area contributed by atoms with E-state index in [4.69, 9.17) is 0 Å². The molecule has 0 saturated heterocycles. The number of aromatic hydroxyl groups is 1. The second kappa shape index (κ2) is 6.62. The summed E-state index contributed by atoms with van der Waals surface area (Å²) in [6.45, 7) is 0. The van der Waals surface area contributed by atoms with Crippen LogP contribution in [0, 0.1) is 0 Å². The van der Waals surface area contributed by atoms with Crippen molar-refractivity contribution in [1.29, 1.82) is 0 Å². The average Bonchev–Trinajstić information content (AvgIpc) is 2.49. The lowest BCUT2D eigenvalue weighted by Crippen LogP contribution is -2.21. The number of nitrogens with zero attached hydrogens (tertiary/aromatic N) is 1. The van der Waals surface area contributed by atoms with Crippen LogP contribution in [0.1, 0.15) is 20.7 Å². The Morgan fingerprint density at radius 2 is 1.64 bits per heavy atom. The molecule has 0 aliphatic rings. The maximum atomic E-state index is 12.1. The lowest BCUT2D eigenvalue weighted by molar-refractivity contribution is 0.0827. The van der Waals surface area contributed by atoms with Crippen LogP contribution in [-0.4, -0.2) is 35.9 Å². The molecular weight excluding hydrogens is 348 g/mol. The molecule has 0 fully saturated rings. The highest BCUT2D eigenvalue weighted by atomic mass is 79.9. The van der Waals surface area contributed by atoms with Crippen molar-refractivity contribution in [3.05, 3.63) is 58.1 Å².